The van der Waals surface area contributed by atoms with Crippen LogP contribution in [-0.2, 0) is 11.3 Å². The molecule has 1 fully saturated rings. The quantitative estimate of drug-likeness (QED) is 0.816. The fourth-order valence-electron chi connectivity index (χ4n) is 4.59. The van der Waals surface area contributed by atoms with Crippen LogP contribution < -0.4 is 10.1 Å². The summed E-state index contributed by atoms with van der Waals surface area (Å²) in [6.07, 6.45) is 4.71. The molecule has 0 saturated carbocycles. The van der Waals surface area contributed by atoms with Gasteiger partial charge in [0, 0.05) is 24.4 Å². The summed E-state index contributed by atoms with van der Waals surface area (Å²) in [6.45, 7) is 0.202. The summed E-state index contributed by atoms with van der Waals surface area (Å²) in [6, 6.07) is 5.38. The predicted octanol–water partition coefficient (Wildman–Crippen LogP) is 3.03. The molecule has 9 heteroatoms. The molecule has 0 unspecified atom stereocenters. The molecule has 1 saturated heterocycles. The summed E-state index contributed by atoms with van der Waals surface area (Å²) in [5, 5.41) is 2.53. The van der Waals surface area contributed by atoms with E-state index in [9.17, 15) is 18.4 Å². The molecular weight excluding hydrogens is 406 g/mol. The molecule has 2 aliphatic heterocycles. The second kappa shape index (κ2) is 7.33. The van der Waals surface area contributed by atoms with E-state index < -0.39 is 17.7 Å². The lowest BCUT2D eigenvalue weighted by atomic mass is 10.0. The number of likely N-dealkylation sites (tertiary alicyclic amines) is 1. The minimum atomic E-state index is -1.01. The number of methoxy groups -OCH3 is 1. The first kappa shape index (κ1) is 19.5. The summed E-state index contributed by atoms with van der Waals surface area (Å²) >= 11 is 0. The Kier molecular flexibility index (Phi) is 4.60. The van der Waals surface area contributed by atoms with E-state index in [1.165, 1.54) is 11.0 Å². The average Bonchev–Trinajstić information content (AvgIpc) is 3.39. The van der Waals surface area contributed by atoms with Crippen LogP contribution in [0.5, 0.6) is 5.88 Å². The third kappa shape index (κ3) is 3.30. The first-order chi connectivity index (χ1) is 14.9. The molecule has 5 rings (SSSR count). The van der Waals surface area contributed by atoms with Crippen LogP contribution in [0.4, 0.5) is 19.3 Å². The molecule has 1 aromatic heterocycles. The number of amides is 3. The minimum absolute atomic E-state index is 0.0419. The van der Waals surface area contributed by atoms with Gasteiger partial charge in [-0.25, -0.2) is 18.6 Å². The van der Waals surface area contributed by atoms with Crippen molar-refractivity contribution < 1.29 is 23.1 Å². The highest BCUT2D eigenvalue weighted by molar-refractivity contribution is 5.95. The Morgan fingerprint density at radius 1 is 1.29 bits per heavy atom. The van der Waals surface area contributed by atoms with Crippen LogP contribution in [0.3, 0.4) is 0 Å². The van der Waals surface area contributed by atoms with Crippen molar-refractivity contribution in [2.75, 3.05) is 25.5 Å². The number of aromatic nitrogens is 1. The van der Waals surface area contributed by atoms with Gasteiger partial charge < -0.3 is 19.9 Å². The molecule has 3 heterocycles. The van der Waals surface area contributed by atoms with E-state index in [1.54, 1.807) is 24.3 Å². The molecular formula is C22H20F2N4O3. The highest BCUT2D eigenvalue weighted by Crippen LogP contribution is 2.42. The first-order valence-electron chi connectivity index (χ1n) is 9.99. The number of ether oxygens (including phenoxy) is 1. The number of benzene rings is 1. The first-order valence-corrected chi connectivity index (χ1v) is 9.99. The van der Waals surface area contributed by atoms with Crippen molar-refractivity contribution in [2.45, 2.75) is 19.0 Å². The molecule has 1 aromatic carbocycles. The smallest absolute Gasteiger partial charge is 0.322 e. The number of urea groups is 1. The van der Waals surface area contributed by atoms with Crippen molar-refractivity contribution >= 4 is 23.2 Å². The van der Waals surface area contributed by atoms with Crippen LogP contribution in [-0.4, -0.2) is 53.0 Å². The monoisotopic (exact) mass is 426 g/mol. The lowest BCUT2D eigenvalue weighted by Gasteiger charge is -2.33. The van der Waals surface area contributed by atoms with Crippen molar-refractivity contribution in [1.82, 2.24) is 14.8 Å². The molecule has 7 nitrogen and oxygen atoms in total. The summed E-state index contributed by atoms with van der Waals surface area (Å²) in [4.78, 5) is 32.7. The zero-order valence-corrected chi connectivity index (χ0v) is 16.8. The standard InChI is InChI=1S/C22H20F2N4O3/c1-31-19-5-2-13(8-25-19)14-6-12-7-18(14)28(9-12)20(29)11-27-10-15-17(26-22(27)30)4-3-16(23)21(15)24/h2-6,8,12,18H,7,9-11H2,1H3,(H,26,30)/t12-,18-/m0/s1. The lowest BCUT2D eigenvalue weighted by Crippen LogP contribution is -2.48. The van der Waals surface area contributed by atoms with Gasteiger partial charge in [0.25, 0.3) is 0 Å². The van der Waals surface area contributed by atoms with Crippen LogP contribution in [0.1, 0.15) is 17.5 Å². The second-order valence-electron chi connectivity index (χ2n) is 7.94. The van der Waals surface area contributed by atoms with Crippen LogP contribution in [0.2, 0.25) is 0 Å². The van der Waals surface area contributed by atoms with Crippen LogP contribution in [0.15, 0.2) is 36.5 Å². The van der Waals surface area contributed by atoms with E-state index in [2.05, 4.69) is 16.4 Å². The SMILES string of the molecule is COc1ccc(C2=C[C@H]3C[C@@H]2N(C(=O)CN2Cc4c(ccc(F)c4F)NC2=O)C3)cn1. The molecule has 0 radical (unpaired) electrons. The van der Waals surface area contributed by atoms with Gasteiger partial charge in [0.1, 0.15) is 6.54 Å². The number of rotatable bonds is 4. The third-order valence-corrected chi connectivity index (χ3v) is 6.11. The van der Waals surface area contributed by atoms with Crippen molar-refractivity contribution in [2.24, 2.45) is 5.92 Å². The Labute approximate surface area is 177 Å². The summed E-state index contributed by atoms with van der Waals surface area (Å²) < 4.78 is 32.9. The van der Waals surface area contributed by atoms with E-state index in [1.807, 2.05) is 6.07 Å². The number of hydrogen-bond acceptors (Lipinski definition) is 4. The maximum atomic E-state index is 14.2. The topological polar surface area (TPSA) is 74.8 Å². The maximum absolute atomic E-state index is 14.2. The predicted molar refractivity (Wildman–Crippen MR) is 108 cm³/mol. The Morgan fingerprint density at radius 3 is 2.84 bits per heavy atom. The number of carbonyl (C=O) groups is 2. The second-order valence-corrected chi connectivity index (χ2v) is 7.94. The molecule has 1 aliphatic carbocycles. The fraction of sp³-hybridized carbons (Fsp3) is 0.318. The molecule has 31 heavy (non-hydrogen) atoms. The number of nitrogens with zero attached hydrogens (tertiary/aromatic N) is 3. The number of pyridine rings is 1. The van der Waals surface area contributed by atoms with Crippen molar-refractivity contribution in [3.63, 3.8) is 0 Å². The number of nitrogens with one attached hydrogen (secondary N) is 1. The van der Waals surface area contributed by atoms with Crippen LogP contribution in [0, 0.1) is 17.6 Å². The third-order valence-electron chi connectivity index (χ3n) is 6.11. The Morgan fingerprint density at radius 2 is 2.13 bits per heavy atom. The molecule has 2 atom stereocenters. The zero-order chi connectivity index (χ0) is 21.7. The Hall–Kier alpha value is -3.49. The highest BCUT2D eigenvalue weighted by Gasteiger charge is 2.42. The van der Waals surface area contributed by atoms with Crippen molar-refractivity contribution in [1.29, 1.82) is 0 Å². The van der Waals surface area contributed by atoms with E-state index in [0.29, 0.717) is 12.4 Å². The number of halogens is 2. The van der Waals surface area contributed by atoms with E-state index in [4.69, 9.17) is 4.74 Å². The van der Waals surface area contributed by atoms with Gasteiger partial charge >= 0.3 is 6.03 Å². The van der Waals surface area contributed by atoms with E-state index in [-0.39, 0.29) is 42.2 Å². The maximum Gasteiger partial charge on any atom is 0.322 e. The van der Waals surface area contributed by atoms with Gasteiger partial charge in [-0.2, -0.15) is 0 Å². The van der Waals surface area contributed by atoms with Crippen LogP contribution in [0.25, 0.3) is 5.57 Å². The van der Waals surface area contributed by atoms with Crippen molar-refractivity contribution in [3.8, 4) is 5.88 Å². The average molecular weight is 426 g/mol. The minimum Gasteiger partial charge on any atom is -0.481 e. The highest BCUT2D eigenvalue weighted by atomic mass is 19.2. The molecule has 1 N–H and O–H groups in total. The normalized spacial score (nSPS) is 21.6. The number of anilines is 1. The number of fused-ring (bicyclic) bond motifs is 3. The van der Waals surface area contributed by atoms with E-state index in [0.717, 1.165) is 23.6 Å². The molecule has 2 aromatic rings. The summed E-state index contributed by atoms with van der Waals surface area (Å²) in [5.74, 6) is -1.46. The van der Waals surface area contributed by atoms with Crippen LogP contribution >= 0.6 is 0 Å². The van der Waals surface area contributed by atoms with Gasteiger partial charge in [-0.1, -0.05) is 6.08 Å². The molecule has 0 spiro atoms. The number of carbonyl (C=O) groups excluding carboxylic acids is 2. The van der Waals surface area contributed by atoms with Gasteiger partial charge in [0.05, 0.1) is 25.4 Å². The Balaban J connectivity index is 1.31. The van der Waals surface area contributed by atoms with Gasteiger partial charge in [0.2, 0.25) is 11.8 Å². The summed E-state index contributed by atoms with van der Waals surface area (Å²) in [7, 11) is 1.55. The molecule has 160 valence electrons. The molecule has 3 amide bonds. The van der Waals surface area contributed by atoms with Gasteiger partial charge in [-0.05, 0) is 41.7 Å². The number of hydrogen-bond donors (Lipinski definition) is 1. The van der Waals surface area contributed by atoms with Crippen molar-refractivity contribution in [3.05, 3.63) is 59.3 Å². The summed E-state index contributed by atoms with van der Waals surface area (Å²) in [5.41, 5.74) is 2.22. The lowest BCUT2D eigenvalue weighted by molar-refractivity contribution is -0.132. The van der Waals surface area contributed by atoms with Gasteiger partial charge in [0.15, 0.2) is 11.6 Å². The Bertz CT molecular complexity index is 1100. The van der Waals surface area contributed by atoms with Gasteiger partial charge in [-0.15, -0.1) is 0 Å². The zero-order valence-electron chi connectivity index (χ0n) is 16.8. The fourth-order valence-corrected chi connectivity index (χ4v) is 4.59. The largest absolute Gasteiger partial charge is 0.481 e. The molecule has 2 bridgehead atoms. The van der Waals surface area contributed by atoms with E-state index >= 15 is 0 Å². The van der Waals surface area contributed by atoms with Gasteiger partial charge in [-0.3, -0.25) is 4.79 Å². The molecule has 3 aliphatic rings.